The number of carbonyl (C=O) groups is 1. The summed E-state index contributed by atoms with van der Waals surface area (Å²) in [6.45, 7) is 1.92. The molecule has 29 heavy (non-hydrogen) atoms. The van der Waals surface area contributed by atoms with Gasteiger partial charge >= 0.3 is 0 Å². The zero-order chi connectivity index (χ0) is 19.8. The van der Waals surface area contributed by atoms with Gasteiger partial charge in [0, 0.05) is 31.3 Å². The van der Waals surface area contributed by atoms with E-state index in [2.05, 4.69) is 15.2 Å². The van der Waals surface area contributed by atoms with Gasteiger partial charge in [-0.15, -0.1) is 11.3 Å². The van der Waals surface area contributed by atoms with Crippen molar-refractivity contribution < 1.29 is 13.9 Å². The average Bonchev–Trinajstić information content (AvgIpc) is 3.47. The maximum Gasteiger partial charge on any atom is 0.225 e. The molecule has 0 radical (unpaired) electrons. The van der Waals surface area contributed by atoms with E-state index in [1.807, 2.05) is 35.8 Å². The largest absolute Gasteiger partial charge is 0.464 e. The number of rotatable bonds is 5. The minimum atomic E-state index is 0.0566. The lowest BCUT2D eigenvalue weighted by Crippen LogP contribution is -2.50. The van der Waals surface area contributed by atoms with Crippen LogP contribution >= 0.6 is 11.3 Å². The van der Waals surface area contributed by atoms with Crippen molar-refractivity contribution in [3.8, 4) is 0 Å². The standard InChI is InChI=1S/C22H25N3O3S/c1-27-20-10-15-13-25(22-17-5-7-28-19(17)4-6-23-22)12-14(15)9-18(20)24-21(26)11-16-3-2-8-29-16/h2-8,14-15,18,20H,9-13H2,1H3,(H,24,26)/t14-,15+,18-,20-/m0/s1. The number of pyridine rings is 1. The molecule has 0 aromatic carbocycles. The number of hydrogen-bond donors (Lipinski definition) is 1. The van der Waals surface area contributed by atoms with Gasteiger partial charge < -0.3 is 19.4 Å². The van der Waals surface area contributed by atoms with Gasteiger partial charge in [0.25, 0.3) is 0 Å². The summed E-state index contributed by atoms with van der Waals surface area (Å²) in [5, 5.41) is 6.32. The van der Waals surface area contributed by atoms with Crippen LogP contribution in [0, 0.1) is 11.8 Å². The van der Waals surface area contributed by atoms with Crippen LogP contribution in [0.2, 0.25) is 0 Å². The highest BCUT2D eigenvalue weighted by molar-refractivity contribution is 7.10. The van der Waals surface area contributed by atoms with Crippen molar-refractivity contribution in [2.75, 3.05) is 25.1 Å². The number of furan rings is 1. The fourth-order valence-corrected chi connectivity index (χ4v) is 5.66. The Labute approximate surface area is 173 Å². The van der Waals surface area contributed by atoms with Crippen molar-refractivity contribution in [3.63, 3.8) is 0 Å². The van der Waals surface area contributed by atoms with Crippen LogP contribution in [0.1, 0.15) is 17.7 Å². The number of ether oxygens (including phenoxy) is 1. The van der Waals surface area contributed by atoms with E-state index >= 15 is 0 Å². The molecule has 3 aromatic heterocycles. The fraction of sp³-hybridized carbons (Fsp3) is 0.455. The topological polar surface area (TPSA) is 67.6 Å². The summed E-state index contributed by atoms with van der Waals surface area (Å²) in [5.41, 5.74) is 0.873. The van der Waals surface area contributed by atoms with E-state index < -0.39 is 0 Å². The molecule has 1 amide bonds. The Balaban J connectivity index is 1.28. The van der Waals surface area contributed by atoms with Crippen molar-refractivity contribution in [1.29, 1.82) is 0 Å². The number of hydrogen-bond acceptors (Lipinski definition) is 6. The first-order valence-electron chi connectivity index (χ1n) is 10.1. The smallest absolute Gasteiger partial charge is 0.225 e. The molecule has 1 saturated carbocycles. The highest BCUT2D eigenvalue weighted by Crippen LogP contribution is 2.40. The predicted molar refractivity (Wildman–Crippen MR) is 113 cm³/mol. The summed E-state index contributed by atoms with van der Waals surface area (Å²) in [6, 6.07) is 7.95. The third-order valence-electron chi connectivity index (χ3n) is 6.34. The zero-order valence-electron chi connectivity index (χ0n) is 16.4. The van der Waals surface area contributed by atoms with Gasteiger partial charge in [-0.1, -0.05) is 6.07 Å². The minimum Gasteiger partial charge on any atom is -0.464 e. The first-order chi connectivity index (χ1) is 14.2. The van der Waals surface area contributed by atoms with Gasteiger partial charge in [0.05, 0.1) is 30.2 Å². The monoisotopic (exact) mass is 411 g/mol. The molecule has 5 rings (SSSR count). The van der Waals surface area contributed by atoms with Crippen molar-refractivity contribution in [2.24, 2.45) is 11.8 Å². The van der Waals surface area contributed by atoms with Crippen molar-refractivity contribution in [1.82, 2.24) is 10.3 Å². The molecule has 3 aromatic rings. The molecule has 2 fully saturated rings. The molecule has 1 aliphatic carbocycles. The van der Waals surface area contributed by atoms with E-state index in [4.69, 9.17) is 9.15 Å². The number of thiophene rings is 1. The molecule has 0 spiro atoms. The number of carbonyl (C=O) groups excluding carboxylic acids is 1. The van der Waals surface area contributed by atoms with Crippen LogP contribution < -0.4 is 10.2 Å². The van der Waals surface area contributed by atoms with Crippen LogP contribution in [0.4, 0.5) is 5.82 Å². The van der Waals surface area contributed by atoms with Crippen LogP contribution in [0.15, 0.2) is 46.5 Å². The summed E-state index contributed by atoms with van der Waals surface area (Å²) in [5.74, 6) is 2.15. The zero-order valence-corrected chi connectivity index (χ0v) is 17.2. The van der Waals surface area contributed by atoms with Crippen LogP contribution in [-0.2, 0) is 16.0 Å². The number of methoxy groups -OCH3 is 1. The van der Waals surface area contributed by atoms with Gasteiger partial charge in [-0.25, -0.2) is 4.98 Å². The lowest BCUT2D eigenvalue weighted by atomic mass is 9.77. The predicted octanol–water partition coefficient (Wildman–Crippen LogP) is 3.48. The van der Waals surface area contributed by atoms with Gasteiger partial charge in [-0.05, 0) is 48.3 Å². The Kier molecular flexibility index (Phi) is 5.01. The third-order valence-corrected chi connectivity index (χ3v) is 7.22. The normalized spacial score (nSPS) is 26.6. The van der Waals surface area contributed by atoms with Gasteiger partial charge in [0.15, 0.2) is 0 Å². The number of fused-ring (bicyclic) bond motifs is 2. The number of nitrogens with zero attached hydrogens (tertiary/aromatic N) is 2. The molecule has 4 heterocycles. The Morgan fingerprint density at radius 2 is 2.17 bits per heavy atom. The second-order valence-corrected chi connectivity index (χ2v) is 9.10. The highest BCUT2D eigenvalue weighted by Gasteiger charge is 2.43. The molecular formula is C22H25N3O3S. The molecule has 6 nitrogen and oxygen atoms in total. The van der Waals surface area contributed by atoms with E-state index in [0.29, 0.717) is 18.3 Å². The minimum absolute atomic E-state index is 0.0566. The Morgan fingerprint density at radius 3 is 2.97 bits per heavy atom. The fourth-order valence-electron chi connectivity index (χ4n) is 4.96. The summed E-state index contributed by atoms with van der Waals surface area (Å²) in [4.78, 5) is 20.6. The van der Waals surface area contributed by atoms with Gasteiger partial charge in [0.2, 0.25) is 5.91 Å². The molecule has 7 heteroatoms. The first kappa shape index (κ1) is 18.6. The molecule has 0 bridgehead atoms. The average molecular weight is 412 g/mol. The van der Waals surface area contributed by atoms with E-state index in [1.165, 1.54) is 0 Å². The Morgan fingerprint density at radius 1 is 1.31 bits per heavy atom. The summed E-state index contributed by atoms with van der Waals surface area (Å²) in [7, 11) is 1.75. The maximum atomic E-state index is 12.5. The Bertz CT molecular complexity index is 986. The maximum absolute atomic E-state index is 12.5. The lowest BCUT2D eigenvalue weighted by Gasteiger charge is -2.37. The molecule has 152 valence electrons. The summed E-state index contributed by atoms with van der Waals surface area (Å²) < 4.78 is 11.3. The van der Waals surface area contributed by atoms with Crippen LogP contribution in [-0.4, -0.2) is 43.2 Å². The summed E-state index contributed by atoms with van der Waals surface area (Å²) in [6.07, 6.45) is 5.94. The molecule has 4 atom stereocenters. The molecular weight excluding hydrogens is 386 g/mol. The third kappa shape index (κ3) is 3.65. The van der Waals surface area contributed by atoms with E-state index in [9.17, 15) is 4.79 Å². The molecule has 1 N–H and O–H groups in total. The van der Waals surface area contributed by atoms with Crippen molar-refractivity contribution in [3.05, 3.63) is 47.0 Å². The quantitative estimate of drug-likeness (QED) is 0.696. The molecule has 1 aliphatic heterocycles. The van der Waals surface area contributed by atoms with Gasteiger partial charge in [0.1, 0.15) is 11.4 Å². The molecule has 2 aliphatic rings. The number of aromatic nitrogens is 1. The van der Waals surface area contributed by atoms with Crippen molar-refractivity contribution >= 4 is 34.0 Å². The van der Waals surface area contributed by atoms with E-state index in [-0.39, 0.29) is 18.1 Å². The SMILES string of the molecule is CO[C@H]1C[C@@H]2CN(c3nccc4occc34)C[C@@H]2C[C@@H]1NC(=O)Cc1cccs1. The second-order valence-electron chi connectivity index (χ2n) is 8.07. The van der Waals surface area contributed by atoms with E-state index in [0.717, 1.165) is 47.6 Å². The number of nitrogens with one attached hydrogen (secondary N) is 1. The van der Waals surface area contributed by atoms with E-state index in [1.54, 1.807) is 24.7 Å². The number of anilines is 1. The van der Waals surface area contributed by atoms with Gasteiger partial charge in [-0.2, -0.15) is 0 Å². The van der Waals surface area contributed by atoms with Crippen LogP contribution in [0.25, 0.3) is 11.0 Å². The van der Waals surface area contributed by atoms with Crippen LogP contribution in [0.5, 0.6) is 0 Å². The first-order valence-corrected chi connectivity index (χ1v) is 11.0. The molecule has 1 saturated heterocycles. The highest BCUT2D eigenvalue weighted by atomic mass is 32.1. The summed E-state index contributed by atoms with van der Waals surface area (Å²) >= 11 is 1.62. The Hall–Kier alpha value is -2.38. The second kappa shape index (κ2) is 7.80. The number of amides is 1. The molecule has 0 unspecified atom stereocenters. The van der Waals surface area contributed by atoms with Gasteiger partial charge in [-0.3, -0.25) is 4.79 Å². The van der Waals surface area contributed by atoms with Crippen LogP contribution in [0.3, 0.4) is 0 Å². The van der Waals surface area contributed by atoms with Crippen molar-refractivity contribution in [2.45, 2.75) is 31.4 Å². The lowest BCUT2D eigenvalue weighted by molar-refractivity contribution is -0.123.